The molecule has 0 fully saturated rings. The molecule has 0 atom stereocenters. The van der Waals surface area contributed by atoms with Gasteiger partial charge in [0.1, 0.15) is 4.90 Å². The number of benzene rings is 1. The van der Waals surface area contributed by atoms with E-state index in [2.05, 4.69) is 5.10 Å². The number of halogens is 1. The van der Waals surface area contributed by atoms with E-state index in [-0.39, 0.29) is 17.1 Å². The van der Waals surface area contributed by atoms with Crippen LogP contribution in [0, 0.1) is 10.1 Å². The summed E-state index contributed by atoms with van der Waals surface area (Å²) in [6.45, 7) is 0.00634. The highest BCUT2D eigenvalue weighted by atomic mass is 35.5. The van der Waals surface area contributed by atoms with Crippen molar-refractivity contribution in [1.29, 1.82) is 0 Å². The second-order valence-electron chi connectivity index (χ2n) is 3.95. The van der Waals surface area contributed by atoms with Crippen LogP contribution >= 0.6 is 11.6 Å². The summed E-state index contributed by atoms with van der Waals surface area (Å²) >= 11 is 5.80. The van der Waals surface area contributed by atoms with Crippen LogP contribution in [0.3, 0.4) is 0 Å². The number of aromatic nitrogens is 2. The molecule has 1 heterocycles. The zero-order valence-electron chi connectivity index (χ0n) is 9.93. The van der Waals surface area contributed by atoms with Gasteiger partial charge >= 0.3 is 0 Å². The van der Waals surface area contributed by atoms with Gasteiger partial charge in [-0.05, 0) is 12.1 Å². The third-order valence-electron chi connectivity index (χ3n) is 2.51. The molecule has 106 valence electrons. The first-order valence-electron chi connectivity index (χ1n) is 5.25. The number of sulfonamides is 1. The van der Waals surface area contributed by atoms with Crippen LogP contribution in [0.4, 0.5) is 5.69 Å². The van der Waals surface area contributed by atoms with Gasteiger partial charge in [-0.15, -0.1) is 0 Å². The van der Waals surface area contributed by atoms with Gasteiger partial charge in [0, 0.05) is 17.3 Å². The van der Waals surface area contributed by atoms with Crippen LogP contribution in [0.25, 0.3) is 0 Å². The van der Waals surface area contributed by atoms with Crippen LogP contribution in [0.5, 0.6) is 0 Å². The van der Waals surface area contributed by atoms with Crippen molar-refractivity contribution in [2.75, 3.05) is 0 Å². The number of nitro groups is 1. The molecule has 0 saturated carbocycles. The predicted octanol–water partition coefficient (Wildman–Crippen LogP) is 1.14. The van der Waals surface area contributed by atoms with Crippen molar-refractivity contribution in [3.05, 3.63) is 51.3 Å². The first-order valence-corrected chi connectivity index (χ1v) is 7.18. The van der Waals surface area contributed by atoms with E-state index in [1.165, 1.54) is 29.1 Å². The molecule has 0 spiro atoms. The van der Waals surface area contributed by atoms with E-state index in [0.29, 0.717) is 10.6 Å². The molecule has 20 heavy (non-hydrogen) atoms. The number of nitrogens with zero attached hydrogens (tertiary/aromatic N) is 3. The lowest BCUT2D eigenvalue weighted by atomic mass is 10.2. The van der Waals surface area contributed by atoms with Crippen LogP contribution in [0.2, 0.25) is 5.02 Å². The van der Waals surface area contributed by atoms with E-state index in [1.807, 2.05) is 0 Å². The molecule has 0 amide bonds. The molecule has 0 unspecified atom stereocenters. The number of rotatable bonds is 4. The molecule has 2 N–H and O–H groups in total. The molecule has 0 saturated heterocycles. The minimum Gasteiger partial charge on any atom is -0.267 e. The van der Waals surface area contributed by atoms with Gasteiger partial charge < -0.3 is 0 Å². The zero-order valence-corrected chi connectivity index (χ0v) is 11.5. The Balaban J connectivity index is 2.37. The van der Waals surface area contributed by atoms with Crippen molar-refractivity contribution in [2.45, 2.75) is 11.4 Å². The highest BCUT2D eigenvalue weighted by Crippen LogP contribution is 2.23. The number of nitro benzene ring substituents is 1. The Morgan fingerprint density at radius 1 is 1.45 bits per heavy atom. The minimum absolute atomic E-state index is 0.00634. The van der Waals surface area contributed by atoms with Crippen LogP contribution in [-0.2, 0) is 16.6 Å². The lowest BCUT2D eigenvalue weighted by Gasteiger charge is -2.04. The maximum absolute atomic E-state index is 11.1. The Labute approximate surface area is 119 Å². The fourth-order valence-electron chi connectivity index (χ4n) is 1.61. The molecule has 0 aliphatic rings. The second-order valence-corrected chi connectivity index (χ2v) is 5.95. The Kier molecular flexibility index (Phi) is 3.75. The van der Waals surface area contributed by atoms with Crippen LogP contribution in [0.15, 0.2) is 35.5 Å². The van der Waals surface area contributed by atoms with E-state index in [1.54, 1.807) is 0 Å². The third kappa shape index (κ3) is 3.13. The van der Waals surface area contributed by atoms with Gasteiger partial charge in [0.05, 0.1) is 23.2 Å². The zero-order chi connectivity index (χ0) is 14.9. The normalized spacial score (nSPS) is 11.5. The van der Waals surface area contributed by atoms with Gasteiger partial charge in [0.15, 0.2) is 0 Å². The molecule has 10 heteroatoms. The highest BCUT2D eigenvalue weighted by Gasteiger charge is 2.16. The average molecular weight is 317 g/mol. The molecule has 2 aromatic rings. The van der Waals surface area contributed by atoms with E-state index >= 15 is 0 Å². The molecule has 2 rings (SSSR count). The van der Waals surface area contributed by atoms with Crippen LogP contribution < -0.4 is 5.14 Å². The van der Waals surface area contributed by atoms with Crippen LogP contribution in [0.1, 0.15) is 5.56 Å². The molecule has 0 bridgehead atoms. The quantitative estimate of drug-likeness (QED) is 0.669. The lowest BCUT2D eigenvalue weighted by molar-refractivity contribution is -0.385. The summed E-state index contributed by atoms with van der Waals surface area (Å²) < 4.78 is 23.5. The predicted molar refractivity (Wildman–Crippen MR) is 70.8 cm³/mol. The van der Waals surface area contributed by atoms with Gasteiger partial charge in [-0.25, -0.2) is 13.6 Å². The molecule has 0 aliphatic carbocycles. The first kappa shape index (κ1) is 14.4. The van der Waals surface area contributed by atoms with Crippen molar-refractivity contribution in [2.24, 2.45) is 5.14 Å². The third-order valence-corrected chi connectivity index (χ3v) is 3.61. The molecular weight excluding hydrogens is 308 g/mol. The standard InChI is InChI=1S/C10H9ClN4O4S/c11-8-1-2-10(15(16)17)7(3-8)5-14-6-9(4-13-14)20(12,18)19/h1-4,6H,5H2,(H2,12,18,19). The topological polar surface area (TPSA) is 121 Å². The largest absolute Gasteiger partial charge is 0.274 e. The molecule has 1 aromatic heterocycles. The number of hydrogen-bond donors (Lipinski definition) is 1. The van der Waals surface area contributed by atoms with Crippen molar-refractivity contribution >= 4 is 27.3 Å². The fourth-order valence-corrected chi connectivity index (χ4v) is 2.27. The minimum atomic E-state index is -3.85. The highest BCUT2D eigenvalue weighted by molar-refractivity contribution is 7.89. The average Bonchev–Trinajstić information content (AvgIpc) is 2.76. The van der Waals surface area contributed by atoms with Crippen molar-refractivity contribution < 1.29 is 13.3 Å². The summed E-state index contributed by atoms with van der Waals surface area (Å²) in [4.78, 5) is 10.2. The molecule has 1 aromatic carbocycles. The Hall–Kier alpha value is -1.97. The van der Waals surface area contributed by atoms with Gasteiger partial charge in [0.25, 0.3) is 5.69 Å². The van der Waals surface area contributed by atoms with Crippen LogP contribution in [-0.4, -0.2) is 23.1 Å². The molecule has 0 aliphatic heterocycles. The Bertz CT molecular complexity index is 771. The van der Waals surface area contributed by atoms with E-state index in [9.17, 15) is 18.5 Å². The fraction of sp³-hybridized carbons (Fsp3) is 0.100. The number of nitrogens with two attached hydrogens (primary N) is 1. The molecular formula is C10H9ClN4O4S. The summed E-state index contributed by atoms with van der Waals surface area (Å²) in [6.07, 6.45) is 2.27. The first-order chi connectivity index (χ1) is 9.27. The van der Waals surface area contributed by atoms with Gasteiger partial charge in [-0.1, -0.05) is 11.6 Å². The Morgan fingerprint density at radius 3 is 2.70 bits per heavy atom. The maximum Gasteiger partial charge on any atom is 0.274 e. The smallest absolute Gasteiger partial charge is 0.267 e. The van der Waals surface area contributed by atoms with Crippen molar-refractivity contribution in [3.63, 3.8) is 0 Å². The SMILES string of the molecule is NS(=O)(=O)c1cnn(Cc2cc(Cl)ccc2[N+](=O)[O-])c1. The summed E-state index contributed by atoms with van der Waals surface area (Å²) in [5, 5.41) is 20.0. The summed E-state index contributed by atoms with van der Waals surface area (Å²) in [7, 11) is -3.85. The van der Waals surface area contributed by atoms with E-state index in [0.717, 1.165) is 6.20 Å². The Morgan fingerprint density at radius 2 is 2.15 bits per heavy atom. The van der Waals surface area contributed by atoms with Crippen molar-refractivity contribution in [1.82, 2.24) is 9.78 Å². The summed E-state index contributed by atoms with van der Waals surface area (Å²) in [6, 6.07) is 4.11. The van der Waals surface area contributed by atoms with Crippen molar-refractivity contribution in [3.8, 4) is 0 Å². The number of primary sulfonamides is 1. The summed E-state index contributed by atoms with van der Waals surface area (Å²) in [5.74, 6) is 0. The lowest BCUT2D eigenvalue weighted by Crippen LogP contribution is -2.11. The van der Waals surface area contributed by atoms with E-state index < -0.39 is 14.9 Å². The monoisotopic (exact) mass is 316 g/mol. The van der Waals surface area contributed by atoms with Gasteiger partial charge in [0.2, 0.25) is 10.0 Å². The van der Waals surface area contributed by atoms with Gasteiger partial charge in [-0.3, -0.25) is 14.8 Å². The molecule has 8 nitrogen and oxygen atoms in total. The second kappa shape index (κ2) is 5.19. The summed E-state index contributed by atoms with van der Waals surface area (Å²) in [5.41, 5.74) is 0.189. The van der Waals surface area contributed by atoms with E-state index in [4.69, 9.17) is 16.7 Å². The number of hydrogen-bond acceptors (Lipinski definition) is 5. The molecule has 0 radical (unpaired) electrons. The maximum atomic E-state index is 11.1. The van der Waals surface area contributed by atoms with Gasteiger partial charge in [-0.2, -0.15) is 5.10 Å².